The molecule has 1 aliphatic heterocycles. The van der Waals surface area contributed by atoms with Crippen molar-refractivity contribution in [2.75, 3.05) is 36.5 Å². The molecule has 0 atom stereocenters. The van der Waals surface area contributed by atoms with E-state index in [9.17, 15) is 9.59 Å². The molecule has 0 saturated heterocycles. The topological polar surface area (TPSA) is 69.6 Å². The number of pyridine rings is 1. The summed E-state index contributed by atoms with van der Waals surface area (Å²) in [5, 5.41) is 0. The van der Waals surface area contributed by atoms with Gasteiger partial charge in [-0.1, -0.05) is 12.1 Å². The van der Waals surface area contributed by atoms with Crippen LogP contribution in [-0.2, 0) is 29.0 Å². The molecule has 0 aliphatic carbocycles. The van der Waals surface area contributed by atoms with Crippen LogP contribution in [0.1, 0.15) is 42.5 Å². The second-order valence-corrected chi connectivity index (χ2v) is 10.8. The average Bonchev–Trinajstić information content (AvgIpc) is 3.28. The van der Waals surface area contributed by atoms with E-state index < -0.39 is 5.41 Å². The number of fused-ring (bicyclic) bond motifs is 1. The lowest BCUT2D eigenvalue weighted by Gasteiger charge is -2.27. The highest BCUT2D eigenvalue weighted by molar-refractivity contribution is 7.09. The van der Waals surface area contributed by atoms with Gasteiger partial charge in [0.25, 0.3) is 0 Å². The quantitative estimate of drug-likeness (QED) is 0.401. The van der Waals surface area contributed by atoms with Crippen molar-refractivity contribution < 1.29 is 9.59 Å². The summed E-state index contributed by atoms with van der Waals surface area (Å²) in [4.78, 5) is 42.1. The Morgan fingerprint density at radius 2 is 1.78 bits per heavy atom. The third-order valence-corrected chi connectivity index (χ3v) is 7.92. The first kappa shape index (κ1) is 26.0. The SMILES string of the molecule is CCN1C(=O)C(C)(C)C(=O)N(C)c2cc(CCN(CCc3cccnc3)Cc3scnc3C)ccc21. The standard InChI is InChI=1S/C28H35N5O2S/c1-6-33-23-10-9-21(16-24(23)31(5)26(34)28(3,4)27(33)35)11-14-32(18-25-20(2)30-19-36-25)15-12-22-8-7-13-29-17-22/h7-10,13,16-17,19H,6,11-12,14-15,18H2,1-5H3. The largest absolute Gasteiger partial charge is 0.313 e. The van der Waals surface area contributed by atoms with E-state index in [-0.39, 0.29) is 11.8 Å². The Morgan fingerprint density at radius 3 is 2.42 bits per heavy atom. The molecule has 2 amide bonds. The first-order valence-corrected chi connectivity index (χ1v) is 13.3. The lowest BCUT2D eigenvalue weighted by Crippen LogP contribution is -2.47. The van der Waals surface area contributed by atoms with Crippen molar-refractivity contribution in [1.82, 2.24) is 14.9 Å². The molecule has 0 N–H and O–H groups in total. The fourth-order valence-electron chi connectivity index (χ4n) is 4.67. The molecule has 36 heavy (non-hydrogen) atoms. The zero-order valence-electron chi connectivity index (χ0n) is 21.8. The summed E-state index contributed by atoms with van der Waals surface area (Å²) in [6.07, 6.45) is 5.49. The van der Waals surface area contributed by atoms with Gasteiger partial charge in [0, 0.05) is 50.5 Å². The lowest BCUT2D eigenvalue weighted by molar-refractivity contribution is -0.137. The summed E-state index contributed by atoms with van der Waals surface area (Å²) in [5.74, 6) is -0.338. The smallest absolute Gasteiger partial charge is 0.242 e. The van der Waals surface area contributed by atoms with Crippen molar-refractivity contribution in [3.8, 4) is 0 Å². The summed E-state index contributed by atoms with van der Waals surface area (Å²) in [5.41, 5.74) is 5.85. The molecule has 4 rings (SSSR count). The molecule has 8 heteroatoms. The van der Waals surface area contributed by atoms with Crippen LogP contribution in [0.25, 0.3) is 0 Å². The fourth-order valence-corrected chi connectivity index (χ4v) is 5.49. The molecule has 1 aromatic carbocycles. The molecule has 190 valence electrons. The van der Waals surface area contributed by atoms with Gasteiger partial charge in [-0.2, -0.15) is 0 Å². The van der Waals surface area contributed by atoms with Crippen LogP contribution in [-0.4, -0.2) is 53.4 Å². The van der Waals surface area contributed by atoms with Gasteiger partial charge in [-0.05, 0) is 69.9 Å². The second-order valence-electron chi connectivity index (χ2n) is 9.86. The number of benzene rings is 1. The Kier molecular flexibility index (Phi) is 7.85. The number of amides is 2. The van der Waals surface area contributed by atoms with Crippen LogP contribution in [0.4, 0.5) is 11.4 Å². The first-order chi connectivity index (χ1) is 17.2. The number of nitrogens with zero attached hydrogens (tertiary/aromatic N) is 5. The predicted octanol–water partition coefficient (Wildman–Crippen LogP) is 4.49. The van der Waals surface area contributed by atoms with Crippen LogP contribution in [0.15, 0.2) is 48.2 Å². The molecule has 7 nitrogen and oxygen atoms in total. The van der Waals surface area contributed by atoms with E-state index in [2.05, 4.69) is 40.0 Å². The van der Waals surface area contributed by atoms with Crippen molar-refractivity contribution >= 4 is 34.5 Å². The molecule has 0 spiro atoms. The van der Waals surface area contributed by atoms with Crippen molar-refractivity contribution in [3.05, 3.63) is 69.9 Å². The predicted molar refractivity (Wildman–Crippen MR) is 145 cm³/mol. The molecule has 0 saturated carbocycles. The number of carbonyl (C=O) groups is 2. The zero-order chi connectivity index (χ0) is 25.9. The number of hydrogen-bond acceptors (Lipinski definition) is 6. The highest BCUT2D eigenvalue weighted by Gasteiger charge is 2.45. The second kappa shape index (κ2) is 10.9. The highest BCUT2D eigenvalue weighted by Crippen LogP contribution is 2.38. The molecule has 3 aromatic rings. The van der Waals surface area contributed by atoms with Crippen LogP contribution in [0.2, 0.25) is 0 Å². The molecule has 0 unspecified atom stereocenters. The van der Waals surface area contributed by atoms with Gasteiger partial charge in [0.1, 0.15) is 5.41 Å². The van der Waals surface area contributed by atoms with Gasteiger partial charge in [0.05, 0.1) is 22.6 Å². The molecular weight excluding hydrogens is 470 g/mol. The maximum Gasteiger partial charge on any atom is 0.242 e. The van der Waals surface area contributed by atoms with E-state index in [1.165, 1.54) is 10.4 Å². The van der Waals surface area contributed by atoms with Crippen molar-refractivity contribution in [1.29, 1.82) is 0 Å². The minimum absolute atomic E-state index is 0.158. The summed E-state index contributed by atoms with van der Waals surface area (Å²) < 4.78 is 0. The van der Waals surface area contributed by atoms with E-state index in [1.54, 1.807) is 48.2 Å². The minimum atomic E-state index is -1.10. The number of thiazole rings is 1. The number of aromatic nitrogens is 2. The fraction of sp³-hybridized carbons (Fsp3) is 0.429. The number of rotatable bonds is 9. The molecule has 0 bridgehead atoms. The summed E-state index contributed by atoms with van der Waals surface area (Å²) in [7, 11) is 1.77. The van der Waals surface area contributed by atoms with E-state index in [4.69, 9.17) is 0 Å². The number of aryl methyl sites for hydroxylation is 1. The van der Waals surface area contributed by atoms with Gasteiger partial charge < -0.3 is 9.80 Å². The van der Waals surface area contributed by atoms with E-state index in [0.29, 0.717) is 6.54 Å². The average molecular weight is 506 g/mol. The van der Waals surface area contributed by atoms with Gasteiger partial charge in [0.2, 0.25) is 11.8 Å². The maximum absolute atomic E-state index is 13.2. The third-order valence-electron chi connectivity index (χ3n) is 7.00. The monoisotopic (exact) mass is 505 g/mol. The van der Waals surface area contributed by atoms with Gasteiger partial charge in [-0.25, -0.2) is 4.98 Å². The molecule has 2 aromatic heterocycles. The van der Waals surface area contributed by atoms with Crippen molar-refractivity contribution in [3.63, 3.8) is 0 Å². The maximum atomic E-state index is 13.2. The van der Waals surface area contributed by atoms with Gasteiger partial charge in [0.15, 0.2) is 0 Å². The molecular formula is C28H35N5O2S. The zero-order valence-corrected chi connectivity index (χ0v) is 22.6. The number of carbonyl (C=O) groups excluding carboxylic acids is 2. The van der Waals surface area contributed by atoms with Crippen molar-refractivity contribution in [2.24, 2.45) is 5.41 Å². The van der Waals surface area contributed by atoms with E-state index >= 15 is 0 Å². The van der Waals surface area contributed by atoms with Crippen LogP contribution < -0.4 is 9.80 Å². The van der Waals surface area contributed by atoms with Gasteiger partial charge in [-0.15, -0.1) is 11.3 Å². The van der Waals surface area contributed by atoms with Gasteiger partial charge >= 0.3 is 0 Å². The molecule has 1 aliphatic rings. The Labute approximate surface area is 217 Å². The number of anilines is 2. The molecule has 0 radical (unpaired) electrons. The van der Waals surface area contributed by atoms with E-state index in [0.717, 1.165) is 55.1 Å². The Morgan fingerprint density at radius 1 is 1.03 bits per heavy atom. The Hall–Kier alpha value is -3.10. The van der Waals surface area contributed by atoms with E-state index in [1.807, 2.05) is 30.8 Å². The Bertz CT molecular complexity index is 1220. The number of hydrogen-bond donors (Lipinski definition) is 0. The third kappa shape index (κ3) is 5.34. The molecule has 3 heterocycles. The summed E-state index contributed by atoms with van der Waals surface area (Å²) >= 11 is 1.70. The first-order valence-electron chi connectivity index (χ1n) is 12.5. The van der Waals surface area contributed by atoms with Crippen LogP contribution in [0.5, 0.6) is 0 Å². The van der Waals surface area contributed by atoms with Crippen molar-refractivity contribution in [2.45, 2.75) is 47.1 Å². The molecule has 0 fully saturated rings. The minimum Gasteiger partial charge on any atom is -0.313 e. The Balaban J connectivity index is 1.54. The van der Waals surface area contributed by atoms with Crippen LogP contribution in [0.3, 0.4) is 0 Å². The van der Waals surface area contributed by atoms with Crippen LogP contribution in [0, 0.1) is 12.3 Å². The normalized spacial score (nSPS) is 15.4. The van der Waals surface area contributed by atoms with Gasteiger partial charge in [-0.3, -0.25) is 19.5 Å². The van der Waals surface area contributed by atoms with Crippen LogP contribution >= 0.6 is 11.3 Å². The summed E-state index contributed by atoms with van der Waals surface area (Å²) in [6.45, 7) is 10.6. The summed E-state index contributed by atoms with van der Waals surface area (Å²) in [6, 6.07) is 10.2. The lowest BCUT2D eigenvalue weighted by atomic mass is 9.90. The highest BCUT2D eigenvalue weighted by atomic mass is 32.1.